The molecule has 2 atom stereocenters. The van der Waals surface area contributed by atoms with E-state index in [-0.39, 0.29) is 0 Å². The molecule has 3 aliphatic carbocycles. The zero-order valence-electron chi connectivity index (χ0n) is 7.50. The lowest BCUT2D eigenvalue weighted by Gasteiger charge is -2.11. The zero-order valence-corrected chi connectivity index (χ0v) is 7.50. The molecule has 0 bridgehead atoms. The fourth-order valence-electron chi connectivity index (χ4n) is 2.88. The van der Waals surface area contributed by atoms with Crippen molar-refractivity contribution < 1.29 is 0 Å². The van der Waals surface area contributed by atoms with Crippen LogP contribution in [0.3, 0.4) is 0 Å². The fraction of sp³-hybridized carbons (Fsp3) is 0.667. The second-order valence-electron chi connectivity index (χ2n) is 4.64. The first-order valence-electron chi connectivity index (χ1n) is 5.29. The summed E-state index contributed by atoms with van der Waals surface area (Å²) >= 11 is 0. The summed E-state index contributed by atoms with van der Waals surface area (Å²) in [5.41, 5.74) is 1.76. The monoisotopic (exact) mass is 160 g/mol. The summed E-state index contributed by atoms with van der Waals surface area (Å²) in [6.07, 6.45) is 14.3. The maximum Gasteiger partial charge on any atom is -0.0162 e. The first-order valence-corrected chi connectivity index (χ1v) is 5.29. The Morgan fingerprint density at radius 2 is 2.08 bits per heavy atom. The number of hydrogen-bond donors (Lipinski definition) is 0. The van der Waals surface area contributed by atoms with E-state index in [1.54, 1.807) is 5.57 Å². The molecule has 0 aromatic heterocycles. The largest absolute Gasteiger partial charge is 0.0839 e. The first-order chi connectivity index (χ1) is 5.93. The van der Waals surface area contributed by atoms with E-state index in [1.165, 1.54) is 32.1 Å². The molecule has 2 fully saturated rings. The van der Waals surface area contributed by atoms with E-state index in [9.17, 15) is 0 Å². The van der Waals surface area contributed by atoms with Gasteiger partial charge < -0.3 is 0 Å². The van der Waals surface area contributed by atoms with E-state index in [4.69, 9.17) is 0 Å². The molecule has 2 saturated carbocycles. The van der Waals surface area contributed by atoms with Gasteiger partial charge in [0.2, 0.25) is 0 Å². The third-order valence-corrected chi connectivity index (χ3v) is 3.77. The minimum absolute atomic E-state index is 0.945. The van der Waals surface area contributed by atoms with Crippen LogP contribution < -0.4 is 0 Å². The quantitative estimate of drug-likeness (QED) is 0.552. The second kappa shape index (κ2) is 2.48. The summed E-state index contributed by atoms with van der Waals surface area (Å²) in [5, 5.41) is 0. The van der Waals surface area contributed by atoms with Gasteiger partial charge in [-0.05, 0) is 49.9 Å². The van der Waals surface area contributed by atoms with Crippen LogP contribution >= 0.6 is 0 Å². The molecular weight excluding hydrogens is 144 g/mol. The maximum absolute atomic E-state index is 2.37. The number of hydrogen-bond acceptors (Lipinski definition) is 0. The minimum Gasteiger partial charge on any atom is -0.0839 e. The topological polar surface area (TPSA) is 0 Å². The van der Waals surface area contributed by atoms with Crippen molar-refractivity contribution in [3.63, 3.8) is 0 Å². The molecule has 0 radical (unpaired) electrons. The lowest BCUT2D eigenvalue weighted by Crippen LogP contribution is -1.99. The molecule has 0 heterocycles. The average molecular weight is 160 g/mol. The van der Waals surface area contributed by atoms with Gasteiger partial charge in [0.1, 0.15) is 0 Å². The van der Waals surface area contributed by atoms with Crippen molar-refractivity contribution in [2.45, 2.75) is 32.1 Å². The van der Waals surface area contributed by atoms with Crippen LogP contribution in [-0.2, 0) is 0 Å². The smallest absolute Gasteiger partial charge is 0.0162 e. The van der Waals surface area contributed by atoms with Gasteiger partial charge in [-0.25, -0.2) is 0 Å². The molecular formula is C12H16. The SMILES string of the molecule is C1=CCC2CC(C3CC3)CC2=C1. The molecule has 0 nitrogen and oxygen atoms in total. The summed E-state index contributed by atoms with van der Waals surface area (Å²) in [6, 6.07) is 0. The van der Waals surface area contributed by atoms with Crippen LogP contribution in [0.4, 0.5) is 0 Å². The summed E-state index contributed by atoms with van der Waals surface area (Å²) in [6.45, 7) is 0. The van der Waals surface area contributed by atoms with Gasteiger partial charge in [0.25, 0.3) is 0 Å². The highest BCUT2D eigenvalue weighted by Gasteiger charge is 2.38. The number of rotatable bonds is 1. The Morgan fingerprint density at radius 1 is 1.17 bits per heavy atom. The highest BCUT2D eigenvalue weighted by molar-refractivity contribution is 5.25. The molecule has 0 N–H and O–H groups in total. The lowest BCUT2D eigenvalue weighted by molar-refractivity contribution is 0.449. The van der Waals surface area contributed by atoms with Gasteiger partial charge >= 0.3 is 0 Å². The summed E-state index contributed by atoms with van der Waals surface area (Å²) in [7, 11) is 0. The van der Waals surface area contributed by atoms with Crippen LogP contribution in [0, 0.1) is 17.8 Å². The molecule has 12 heavy (non-hydrogen) atoms. The third-order valence-electron chi connectivity index (χ3n) is 3.77. The van der Waals surface area contributed by atoms with Gasteiger partial charge in [0.15, 0.2) is 0 Å². The zero-order chi connectivity index (χ0) is 7.97. The summed E-state index contributed by atoms with van der Waals surface area (Å²) in [5.74, 6) is 3.14. The molecule has 0 heteroatoms. The van der Waals surface area contributed by atoms with Crippen molar-refractivity contribution in [3.8, 4) is 0 Å². The molecule has 64 valence electrons. The Balaban J connectivity index is 1.76. The molecule has 2 unspecified atom stereocenters. The standard InChI is InChI=1S/C12H16/c1-2-4-11-8-12(9-5-6-9)7-10(11)3-1/h1-3,9,11-12H,4-8H2. The van der Waals surface area contributed by atoms with Crippen LogP contribution in [0.2, 0.25) is 0 Å². The summed E-state index contributed by atoms with van der Waals surface area (Å²) < 4.78 is 0. The lowest BCUT2D eigenvalue weighted by atomic mass is 9.94. The summed E-state index contributed by atoms with van der Waals surface area (Å²) in [4.78, 5) is 0. The molecule has 0 spiro atoms. The van der Waals surface area contributed by atoms with Crippen LogP contribution in [0.15, 0.2) is 23.8 Å². The Bertz CT molecular complexity index is 243. The van der Waals surface area contributed by atoms with Crippen molar-refractivity contribution in [1.82, 2.24) is 0 Å². The van der Waals surface area contributed by atoms with Crippen molar-refractivity contribution >= 4 is 0 Å². The van der Waals surface area contributed by atoms with Crippen LogP contribution in [0.1, 0.15) is 32.1 Å². The van der Waals surface area contributed by atoms with Gasteiger partial charge in [-0.1, -0.05) is 23.8 Å². The maximum atomic E-state index is 2.37. The van der Waals surface area contributed by atoms with Gasteiger partial charge in [0, 0.05) is 0 Å². The highest BCUT2D eigenvalue weighted by atomic mass is 14.4. The molecule has 3 rings (SSSR count). The average Bonchev–Trinajstić information content (AvgIpc) is 2.85. The molecule has 0 aromatic carbocycles. The van der Waals surface area contributed by atoms with Crippen molar-refractivity contribution in [3.05, 3.63) is 23.8 Å². The van der Waals surface area contributed by atoms with E-state index >= 15 is 0 Å². The molecule has 0 saturated heterocycles. The second-order valence-corrected chi connectivity index (χ2v) is 4.64. The Hall–Kier alpha value is -0.520. The predicted octanol–water partition coefficient (Wildman–Crippen LogP) is 3.31. The third kappa shape index (κ3) is 1.05. The Morgan fingerprint density at radius 3 is 2.83 bits per heavy atom. The molecule has 0 aromatic rings. The number of fused-ring (bicyclic) bond motifs is 1. The van der Waals surface area contributed by atoms with Crippen LogP contribution in [-0.4, -0.2) is 0 Å². The Labute approximate surface area is 74.4 Å². The van der Waals surface area contributed by atoms with Gasteiger partial charge in [-0.3, -0.25) is 0 Å². The predicted molar refractivity (Wildman–Crippen MR) is 50.8 cm³/mol. The van der Waals surface area contributed by atoms with Crippen molar-refractivity contribution in [1.29, 1.82) is 0 Å². The van der Waals surface area contributed by atoms with E-state index in [2.05, 4.69) is 18.2 Å². The van der Waals surface area contributed by atoms with Crippen LogP contribution in [0.5, 0.6) is 0 Å². The minimum atomic E-state index is 0.945. The first kappa shape index (κ1) is 6.94. The molecule has 0 aliphatic heterocycles. The normalized spacial score (nSPS) is 39.5. The van der Waals surface area contributed by atoms with Gasteiger partial charge in [0.05, 0.1) is 0 Å². The molecule has 0 amide bonds. The highest BCUT2D eigenvalue weighted by Crippen LogP contribution is 2.50. The van der Waals surface area contributed by atoms with Crippen LogP contribution in [0.25, 0.3) is 0 Å². The van der Waals surface area contributed by atoms with E-state index < -0.39 is 0 Å². The van der Waals surface area contributed by atoms with Crippen molar-refractivity contribution in [2.75, 3.05) is 0 Å². The fourth-order valence-corrected chi connectivity index (χ4v) is 2.88. The van der Waals surface area contributed by atoms with E-state index in [0.717, 1.165) is 17.8 Å². The van der Waals surface area contributed by atoms with Gasteiger partial charge in [-0.15, -0.1) is 0 Å². The Kier molecular flexibility index (Phi) is 1.44. The van der Waals surface area contributed by atoms with Gasteiger partial charge in [-0.2, -0.15) is 0 Å². The number of allylic oxidation sites excluding steroid dienone is 4. The molecule has 3 aliphatic rings. The van der Waals surface area contributed by atoms with Crippen molar-refractivity contribution in [2.24, 2.45) is 17.8 Å². The van der Waals surface area contributed by atoms with E-state index in [1.807, 2.05) is 0 Å². The van der Waals surface area contributed by atoms with E-state index in [0.29, 0.717) is 0 Å².